The predicted molar refractivity (Wildman–Crippen MR) is 53.1 cm³/mol. The van der Waals surface area contributed by atoms with E-state index in [9.17, 15) is 4.79 Å². The Kier molecular flexibility index (Phi) is 2.26. The lowest BCUT2D eigenvalue weighted by atomic mass is 10.1. The molecule has 0 aliphatic rings. The lowest BCUT2D eigenvalue weighted by Crippen LogP contribution is -2.02. The molecule has 0 radical (unpaired) electrons. The Labute approximate surface area is 81.4 Å². The van der Waals surface area contributed by atoms with Gasteiger partial charge >= 0.3 is 0 Å². The second-order valence-corrected chi connectivity index (χ2v) is 3.17. The number of carbonyl (C=O) groups is 1. The zero-order chi connectivity index (χ0) is 9.97. The number of fused-ring (bicyclic) bond motifs is 1. The second-order valence-electron chi connectivity index (χ2n) is 3.17. The van der Waals surface area contributed by atoms with Crippen molar-refractivity contribution in [3.8, 4) is 0 Å². The van der Waals surface area contributed by atoms with Gasteiger partial charge in [0.2, 0.25) is 0 Å². The maximum absolute atomic E-state index is 11.6. The molecule has 2 aromatic heterocycles. The average molecular weight is 189 g/mol. The van der Waals surface area contributed by atoms with Crippen LogP contribution in [0.15, 0.2) is 18.5 Å². The van der Waals surface area contributed by atoms with E-state index in [4.69, 9.17) is 0 Å². The zero-order valence-electron chi connectivity index (χ0n) is 7.95. The van der Waals surface area contributed by atoms with E-state index in [0.717, 1.165) is 17.3 Å². The van der Waals surface area contributed by atoms with E-state index >= 15 is 0 Å². The summed E-state index contributed by atoms with van der Waals surface area (Å²) in [7, 11) is 0. The molecule has 0 atom stereocenters. The van der Waals surface area contributed by atoms with Gasteiger partial charge in [-0.15, -0.1) is 0 Å². The number of pyridine rings is 1. The van der Waals surface area contributed by atoms with Crippen LogP contribution in [0.25, 0.3) is 10.9 Å². The first-order chi connectivity index (χ1) is 6.83. The molecule has 4 nitrogen and oxygen atoms in total. The van der Waals surface area contributed by atoms with Crippen LogP contribution in [-0.4, -0.2) is 21.0 Å². The van der Waals surface area contributed by atoms with Gasteiger partial charge in [-0.2, -0.15) is 5.10 Å². The number of carbonyl (C=O) groups excluding carboxylic acids is 1. The first-order valence-electron chi connectivity index (χ1n) is 4.64. The summed E-state index contributed by atoms with van der Waals surface area (Å²) in [4.78, 5) is 15.7. The number of aromatic amines is 1. The summed E-state index contributed by atoms with van der Waals surface area (Å²) in [5.41, 5.74) is 1.24. The number of aromatic nitrogens is 3. The number of rotatable bonds is 3. The molecule has 0 spiro atoms. The highest BCUT2D eigenvalue weighted by Crippen LogP contribution is 2.14. The Balaban J connectivity index is 2.50. The van der Waals surface area contributed by atoms with Gasteiger partial charge in [-0.3, -0.25) is 14.9 Å². The van der Waals surface area contributed by atoms with Crippen LogP contribution in [-0.2, 0) is 0 Å². The molecule has 0 bridgehead atoms. The highest BCUT2D eigenvalue weighted by molar-refractivity contribution is 6.04. The molecule has 2 heterocycles. The summed E-state index contributed by atoms with van der Waals surface area (Å²) < 4.78 is 0. The number of Topliss-reactive ketones (excluding diaryl/α,β-unsaturated/α-hetero) is 1. The maximum Gasteiger partial charge on any atom is 0.183 e. The SMILES string of the molecule is CCCC(=O)c1nccc2cn[nH]c12. The molecule has 0 aromatic carbocycles. The minimum atomic E-state index is 0.0716. The molecular weight excluding hydrogens is 178 g/mol. The third-order valence-electron chi connectivity index (χ3n) is 2.10. The molecule has 0 saturated heterocycles. The Morgan fingerprint density at radius 2 is 2.43 bits per heavy atom. The van der Waals surface area contributed by atoms with E-state index in [1.807, 2.05) is 13.0 Å². The summed E-state index contributed by atoms with van der Waals surface area (Å²) in [5.74, 6) is 0.0716. The van der Waals surface area contributed by atoms with E-state index < -0.39 is 0 Å². The monoisotopic (exact) mass is 189 g/mol. The molecule has 0 aliphatic carbocycles. The maximum atomic E-state index is 11.6. The van der Waals surface area contributed by atoms with Crippen molar-refractivity contribution in [2.24, 2.45) is 0 Å². The third kappa shape index (κ3) is 1.39. The fraction of sp³-hybridized carbons (Fsp3) is 0.300. The molecule has 2 rings (SSSR count). The van der Waals surface area contributed by atoms with Crippen molar-refractivity contribution in [1.29, 1.82) is 0 Å². The smallest absolute Gasteiger partial charge is 0.183 e. The van der Waals surface area contributed by atoms with Gasteiger partial charge in [0, 0.05) is 18.0 Å². The Hall–Kier alpha value is -1.71. The highest BCUT2D eigenvalue weighted by Gasteiger charge is 2.11. The highest BCUT2D eigenvalue weighted by atomic mass is 16.1. The summed E-state index contributed by atoms with van der Waals surface area (Å²) in [6.45, 7) is 1.98. The van der Waals surface area contributed by atoms with E-state index in [1.165, 1.54) is 0 Å². The van der Waals surface area contributed by atoms with Crippen molar-refractivity contribution in [2.45, 2.75) is 19.8 Å². The van der Waals surface area contributed by atoms with Gasteiger partial charge in [0.15, 0.2) is 5.78 Å². The number of nitrogens with zero attached hydrogens (tertiary/aromatic N) is 2. The number of hydrogen-bond acceptors (Lipinski definition) is 3. The van der Waals surface area contributed by atoms with Crippen LogP contribution in [0, 0.1) is 0 Å². The Morgan fingerprint density at radius 1 is 1.57 bits per heavy atom. The van der Waals surface area contributed by atoms with E-state index in [2.05, 4.69) is 15.2 Å². The van der Waals surface area contributed by atoms with Crippen LogP contribution in [0.3, 0.4) is 0 Å². The summed E-state index contributed by atoms with van der Waals surface area (Å²) in [5, 5.41) is 7.61. The van der Waals surface area contributed by atoms with Crippen LogP contribution in [0.4, 0.5) is 0 Å². The van der Waals surface area contributed by atoms with Gasteiger partial charge in [-0.25, -0.2) is 0 Å². The molecule has 4 heteroatoms. The number of ketones is 1. The second kappa shape index (κ2) is 3.57. The molecule has 72 valence electrons. The molecular formula is C10H11N3O. The molecule has 0 unspecified atom stereocenters. The average Bonchev–Trinajstić information content (AvgIpc) is 2.65. The number of hydrogen-bond donors (Lipinski definition) is 1. The van der Waals surface area contributed by atoms with Crippen molar-refractivity contribution >= 4 is 16.7 Å². The minimum Gasteiger partial charge on any atom is -0.292 e. The molecule has 0 aliphatic heterocycles. The third-order valence-corrected chi connectivity index (χ3v) is 2.10. The standard InChI is InChI=1S/C10H11N3O/c1-2-3-8(14)10-9-7(4-5-11-10)6-12-13-9/h4-6H,2-3H2,1H3,(H,12,13). The quantitative estimate of drug-likeness (QED) is 0.750. The van der Waals surface area contributed by atoms with Crippen LogP contribution >= 0.6 is 0 Å². The first-order valence-corrected chi connectivity index (χ1v) is 4.64. The summed E-state index contributed by atoms with van der Waals surface area (Å²) in [6, 6.07) is 1.83. The lowest BCUT2D eigenvalue weighted by molar-refractivity contribution is 0.0978. The minimum absolute atomic E-state index is 0.0716. The van der Waals surface area contributed by atoms with Crippen LogP contribution < -0.4 is 0 Å². The molecule has 1 N–H and O–H groups in total. The van der Waals surface area contributed by atoms with E-state index in [-0.39, 0.29) is 5.78 Å². The normalized spacial score (nSPS) is 10.6. The van der Waals surface area contributed by atoms with Gasteiger partial charge in [-0.1, -0.05) is 6.92 Å². The lowest BCUT2D eigenvalue weighted by Gasteiger charge is -1.98. The fourth-order valence-electron chi connectivity index (χ4n) is 1.43. The van der Waals surface area contributed by atoms with Crippen LogP contribution in [0.2, 0.25) is 0 Å². The van der Waals surface area contributed by atoms with E-state index in [1.54, 1.807) is 12.4 Å². The fourth-order valence-corrected chi connectivity index (χ4v) is 1.43. The van der Waals surface area contributed by atoms with E-state index in [0.29, 0.717) is 12.1 Å². The molecule has 0 fully saturated rings. The molecule has 14 heavy (non-hydrogen) atoms. The van der Waals surface area contributed by atoms with Gasteiger partial charge < -0.3 is 0 Å². The van der Waals surface area contributed by atoms with Gasteiger partial charge in [0.05, 0.1) is 11.7 Å². The van der Waals surface area contributed by atoms with Crippen molar-refractivity contribution in [1.82, 2.24) is 15.2 Å². The van der Waals surface area contributed by atoms with Crippen LogP contribution in [0.5, 0.6) is 0 Å². The van der Waals surface area contributed by atoms with Crippen molar-refractivity contribution < 1.29 is 4.79 Å². The summed E-state index contributed by atoms with van der Waals surface area (Å²) >= 11 is 0. The first kappa shape index (κ1) is 8.87. The summed E-state index contributed by atoms with van der Waals surface area (Å²) in [6.07, 6.45) is 4.71. The zero-order valence-corrected chi connectivity index (χ0v) is 7.95. The number of H-pyrrole nitrogens is 1. The molecule has 0 saturated carbocycles. The van der Waals surface area contributed by atoms with Crippen molar-refractivity contribution in [3.63, 3.8) is 0 Å². The van der Waals surface area contributed by atoms with Crippen molar-refractivity contribution in [3.05, 3.63) is 24.2 Å². The van der Waals surface area contributed by atoms with Crippen molar-refractivity contribution in [2.75, 3.05) is 0 Å². The molecule has 2 aromatic rings. The Bertz CT molecular complexity index is 461. The van der Waals surface area contributed by atoms with Crippen LogP contribution in [0.1, 0.15) is 30.3 Å². The largest absolute Gasteiger partial charge is 0.292 e. The van der Waals surface area contributed by atoms with Gasteiger partial charge in [0.25, 0.3) is 0 Å². The predicted octanol–water partition coefficient (Wildman–Crippen LogP) is 1.94. The topological polar surface area (TPSA) is 58.6 Å². The Morgan fingerprint density at radius 3 is 3.21 bits per heavy atom. The van der Waals surface area contributed by atoms with Gasteiger partial charge in [0.1, 0.15) is 5.69 Å². The van der Waals surface area contributed by atoms with Gasteiger partial charge in [-0.05, 0) is 12.5 Å². The molecule has 0 amide bonds. The number of nitrogens with one attached hydrogen (secondary N) is 1.